The number of morpholine rings is 1. The van der Waals surface area contributed by atoms with Crippen molar-refractivity contribution in [3.05, 3.63) is 58.3 Å². The van der Waals surface area contributed by atoms with Gasteiger partial charge in [0.1, 0.15) is 11.5 Å². The van der Waals surface area contributed by atoms with E-state index >= 15 is 0 Å². The van der Waals surface area contributed by atoms with Crippen LogP contribution in [0.1, 0.15) is 10.4 Å². The Labute approximate surface area is 168 Å². The summed E-state index contributed by atoms with van der Waals surface area (Å²) in [6.45, 7) is 4.74. The molecule has 9 nitrogen and oxygen atoms in total. The first-order valence-electron chi connectivity index (χ1n) is 9.70. The fourth-order valence-corrected chi connectivity index (χ4v) is 3.74. The number of carbonyl (C=O) groups excluding carboxylic acids is 1. The largest absolute Gasteiger partial charge is 0.378 e. The van der Waals surface area contributed by atoms with Gasteiger partial charge >= 0.3 is 0 Å². The highest BCUT2D eigenvalue weighted by Gasteiger charge is 2.27. The maximum Gasteiger partial charge on any atom is 0.293 e. The standard InChI is InChI=1S/C20H23N5O4/c26-20(24-9-7-23(8-10-24)19-3-1-2-6-21-19)16-4-5-17(18(15-16)25(27)28)22-11-13-29-14-12-22/h1-6,15H,7-14H2. The van der Waals surface area contributed by atoms with Gasteiger partial charge in [-0.1, -0.05) is 6.07 Å². The molecule has 4 rings (SSSR count). The van der Waals surface area contributed by atoms with Crippen molar-refractivity contribution in [1.29, 1.82) is 0 Å². The molecule has 2 fully saturated rings. The van der Waals surface area contributed by atoms with Crippen LogP contribution < -0.4 is 9.80 Å². The van der Waals surface area contributed by atoms with E-state index in [-0.39, 0.29) is 11.6 Å². The van der Waals surface area contributed by atoms with Crippen LogP contribution in [-0.2, 0) is 4.74 Å². The molecule has 0 saturated carbocycles. The Morgan fingerprint density at radius 2 is 1.76 bits per heavy atom. The van der Waals surface area contributed by atoms with E-state index in [2.05, 4.69) is 9.88 Å². The quantitative estimate of drug-likeness (QED) is 0.574. The van der Waals surface area contributed by atoms with Gasteiger partial charge in [-0.25, -0.2) is 4.98 Å². The molecule has 0 bridgehead atoms. The molecule has 9 heteroatoms. The minimum atomic E-state index is -0.416. The van der Waals surface area contributed by atoms with Crippen LogP contribution in [0.5, 0.6) is 0 Å². The van der Waals surface area contributed by atoms with Crippen LogP contribution in [0.25, 0.3) is 0 Å². The molecule has 2 aliphatic rings. The molecule has 0 radical (unpaired) electrons. The average Bonchev–Trinajstić information content (AvgIpc) is 2.79. The number of hydrogen-bond acceptors (Lipinski definition) is 7. The predicted molar refractivity (Wildman–Crippen MR) is 108 cm³/mol. The van der Waals surface area contributed by atoms with Gasteiger partial charge in [0.15, 0.2) is 0 Å². The lowest BCUT2D eigenvalue weighted by atomic mass is 10.1. The lowest BCUT2D eigenvalue weighted by molar-refractivity contribution is -0.384. The molecule has 1 aromatic heterocycles. The van der Waals surface area contributed by atoms with Crippen LogP contribution in [-0.4, -0.2) is 73.2 Å². The topological polar surface area (TPSA) is 92.0 Å². The molecule has 0 aliphatic carbocycles. The number of ether oxygens (including phenoxy) is 1. The van der Waals surface area contributed by atoms with E-state index in [1.165, 1.54) is 6.07 Å². The SMILES string of the molecule is O=C(c1ccc(N2CCOCC2)c([N+](=O)[O-])c1)N1CCN(c2ccccn2)CC1. The van der Waals surface area contributed by atoms with Gasteiger partial charge in [-0.3, -0.25) is 14.9 Å². The van der Waals surface area contributed by atoms with E-state index in [9.17, 15) is 14.9 Å². The van der Waals surface area contributed by atoms with E-state index < -0.39 is 4.92 Å². The number of anilines is 2. The number of rotatable bonds is 4. The molecule has 2 aliphatic heterocycles. The summed E-state index contributed by atoms with van der Waals surface area (Å²) in [5.41, 5.74) is 0.847. The first-order valence-corrected chi connectivity index (χ1v) is 9.70. The van der Waals surface area contributed by atoms with E-state index in [1.807, 2.05) is 23.1 Å². The summed E-state index contributed by atoms with van der Waals surface area (Å²) < 4.78 is 5.32. The molecule has 0 atom stereocenters. The van der Waals surface area contributed by atoms with Crippen molar-refractivity contribution in [2.45, 2.75) is 0 Å². The zero-order valence-corrected chi connectivity index (χ0v) is 16.1. The number of aromatic nitrogens is 1. The molecule has 2 saturated heterocycles. The van der Waals surface area contributed by atoms with E-state index in [4.69, 9.17) is 4.74 Å². The van der Waals surface area contributed by atoms with Gasteiger partial charge in [-0.05, 0) is 24.3 Å². The molecule has 1 aromatic carbocycles. The van der Waals surface area contributed by atoms with Gasteiger partial charge in [-0.15, -0.1) is 0 Å². The van der Waals surface area contributed by atoms with Crippen molar-refractivity contribution >= 4 is 23.1 Å². The van der Waals surface area contributed by atoms with E-state index in [0.29, 0.717) is 63.7 Å². The highest BCUT2D eigenvalue weighted by molar-refractivity contribution is 5.96. The molecule has 29 heavy (non-hydrogen) atoms. The molecule has 0 unspecified atom stereocenters. The second-order valence-corrected chi connectivity index (χ2v) is 7.03. The molecule has 3 heterocycles. The highest BCUT2D eigenvalue weighted by Crippen LogP contribution is 2.30. The van der Waals surface area contributed by atoms with Crippen LogP contribution in [0.2, 0.25) is 0 Å². The number of nitrogens with zero attached hydrogens (tertiary/aromatic N) is 5. The number of hydrogen-bond donors (Lipinski definition) is 0. The van der Waals surface area contributed by atoms with Gasteiger partial charge in [0.2, 0.25) is 0 Å². The fourth-order valence-electron chi connectivity index (χ4n) is 3.74. The van der Waals surface area contributed by atoms with E-state index in [0.717, 1.165) is 5.82 Å². The lowest BCUT2D eigenvalue weighted by Crippen LogP contribution is -2.49. The summed E-state index contributed by atoms with van der Waals surface area (Å²) in [6.07, 6.45) is 1.75. The maximum absolute atomic E-state index is 12.9. The van der Waals surface area contributed by atoms with Crippen molar-refractivity contribution in [3.63, 3.8) is 0 Å². The zero-order valence-electron chi connectivity index (χ0n) is 16.1. The van der Waals surface area contributed by atoms with Crippen LogP contribution in [0.15, 0.2) is 42.6 Å². The van der Waals surface area contributed by atoms with Crippen molar-refractivity contribution < 1.29 is 14.5 Å². The number of nitro groups is 1. The Kier molecular flexibility index (Phi) is 5.57. The van der Waals surface area contributed by atoms with Crippen LogP contribution in [0.3, 0.4) is 0 Å². The van der Waals surface area contributed by atoms with Gasteiger partial charge in [0.05, 0.1) is 18.1 Å². The van der Waals surface area contributed by atoms with Crippen LogP contribution in [0, 0.1) is 10.1 Å². The zero-order chi connectivity index (χ0) is 20.2. The maximum atomic E-state index is 12.9. The van der Waals surface area contributed by atoms with Gasteiger partial charge in [0, 0.05) is 57.1 Å². The molecule has 152 valence electrons. The average molecular weight is 397 g/mol. The minimum absolute atomic E-state index is 0.0372. The van der Waals surface area contributed by atoms with Crippen molar-refractivity contribution in [2.75, 3.05) is 62.3 Å². The Hall–Kier alpha value is -3.20. The molecule has 0 spiro atoms. The normalized spacial score (nSPS) is 17.3. The third kappa shape index (κ3) is 4.14. The fraction of sp³-hybridized carbons (Fsp3) is 0.400. The number of nitro benzene ring substituents is 1. The van der Waals surface area contributed by atoms with Gasteiger partial charge in [-0.2, -0.15) is 0 Å². The Balaban J connectivity index is 1.47. The summed E-state index contributed by atoms with van der Waals surface area (Å²) in [4.78, 5) is 34.3. The first-order chi connectivity index (χ1) is 14.1. The summed E-state index contributed by atoms with van der Waals surface area (Å²) in [5.74, 6) is 0.715. The minimum Gasteiger partial charge on any atom is -0.378 e. The summed E-state index contributed by atoms with van der Waals surface area (Å²) in [7, 11) is 0. The monoisotopic (exact) mass is 397 g/mol. The second-order valence-electron chi connectivity index (χ2n) is 7.03. The van der Waals surface area contributed by atoms with Crippen molar-refractivity contribution in [1.82, 2.24) is 9.88 Å². The third-order valence-corrected chi connectivity index (χ3v) is 5.31. The lowest BCUT2D eigenvalue weighted by Gasteiger charge is -2.35. The second kappa shape index (κ2) is 8.44. The van der Waals surface area contributed by atoms with Gasteiger partial charge in [0.25, 0.3) is 11.6 Å². The molecule has 2 aromatic rings. The van der Waals surface area contributed by atoms with Gasteiger partial charge < -0.3 is 19.4 Å². The van der Waals surface area contributed by atoms with E-state index in [1.54, 1.807) is 23.2 Å². The smallest absolute Gasteiger partial charge is 0.293 e. The molecular weight excluding hydrogens is 374 g/mol. The van der Waals surface area contributed by atoms with Crippen molar-refractivity contribution in [3.8, 4) is 0 Å². The van der Waals surface area contributed by atoms with Crippen molar-refractivity contribution in [2.24, 2.45) is 0 Å². The number of piperazine rings is 1. The molecule has 1 amide bonds. The first kappa shape index (κ1) is 19.1. The Morgan fingerprint density at radius 1 is 1.00 bits per heavy atom. The Bertz CT molecular complexity index is 878. The predicted octanol–water partition coefficient (Wildman–Crippen LogP) is 1.79. The summed E-state index contributed by atoms with van der Waals surface area (Å²) >= 11 is 0. The summed E-state index contributed by atoms with van der Waals surface area (Å²) in [5, 5.41) is 11.6. The number of amides is 1. The Morgan fingerprint density at radius 3 is 2.41 bits per heavy atom. The number of carbonyl (C=O) groups is 1. The number of pyridine rings is 1. The molecular formula is C20H23N5O4. The molecule has 0 N–H and O–H groups in total. The highest BCUT2D eigenvalue weighted by atomic mass is 16.6. The third-order valence-electron chi connectivity index (χ3n) is 5.31. The number of benzene rings is 1. The van der Waals surface area contributed by atoms with Crippen LogP contribution >= 0.6 is 0 Å². The summed E-state index contributed by atoms with van der Waals surface area (Å²) in [6, 6.07) is 10.5. The van der Waals surface area contributed by atoms with Crippen LogP contribution in [0.4, 0.5) is 17.2 Å².